The Morgan fingerprint density at radius 1 is 1.22 bits per heavy atom. The fourth-order valence-corrected chi connectivity index (χ4v) is 6.27. The van der Waals surface area contributed by atoms with E-state index < -0.39 is 0 Å². The van der Waals surface area contributed by atoms with E-state index in [2.05, 4.69) is 10.2 Å². The Labute approximate surface area is 229 Å². The van der Waals surface area contributed by atoms with Crippen LogP contribution in [0.4, 0.5) is 0 Å². The number of rotatable bonds is 8. The molecule has 2 aliphatic heterocycles. The van der Waals surface area contributed by atoms with Gasteiger partial charge in [-0.05, 0) is 35.4 Å². The van der Waals surface area contributed by atoms with E-state index >= 15 is 0 Å². The van der Waals surface area contributed by atoms with Crippen molar-refractivity contribution >= 4 is 63.0 Å². The lowest BCUT2D eigenvalue weighted by molar-refractivity contribution is -0.119. The summed E-state index contributed by atoms with van der Waals surface area (Å²) in [6.45, 7) is 3.39. The third kappa shape index (κ3) is 7.63. The minimum Gasteiger partial charge on any atom is -0.465 e. The molecule has 0 aromatic heterocycles. The van der Waals surface area contributed by atoms with Gasteiger partial charge in [0.2, 0.25) is 5.91 Å². The molecule has 1 fully saturated rings. The number of nitrogens with zero attached hydrogens (tertiary/aromatic N) is 2. The van der Waals surface area contributed by atoms with E-state index in [1.54, 1.807) is 23.9 Å². The number of aliphatic imine (C=N–C) groups is 1. The van der Waals surface area contributed by atoms with Gasteiger partial charge in [0.05, 0.1) is 47.2 Å². The van der Waals surface area contributed by atoms with Gasteiger partial charge >= 0.3 is 5.97 Å². The second-order valence-corrected chi connectivity index (χ2v) is 11.5. The average Bonchev–Trinajstić information content (AvgIpc) is 3.37. The summed E-state index contributed by atoms with van der Waals surface area (Å²) >= 11 is 15.2. The van der Waals surface area contributed by atoms with Gasteiger partial charge in [-0.2, -0.15) is 0 Å². The van der Waals surface area contributed by atoms with Gasteiger partial charge in [0.15, 0.2) is 0 Å². The number of benzene rings is 2. The van der Waals surface area contributed by atoms with Crippen molar-refractivity contribution in [1.29, 1.82) is 0 Å². The predicted octanol–water partition coefficient (Wildman–Crippen LogP) is 4.67. The number of thioether (sulfide) groups is 2. The number of hydrogen-bond donors (Lipinski definition) is 1. The Morgan fingerprint density at radius 2 is 2.03 bits per heavy atom. The first-order valence-corrected chi connectivity index (χ1v) is 14.2. The normalized spacial score (nSPS) is 20.1. The molecule has 1 saturated heterocycles. The Morgan fingerprint density at radius 3 is 2.78 bits per heavy atom. The van der Waals surface area contributed by atoms with Crippen LogP contribution < -0.4 is 5.32 Å². The lowest BCUT2D eigenvalue weighted by atomic mass is 10.1. The van der Waals surface area contributed by atoms with Crippen molar-refractivity contribution in [2.24, 2.45) is 4.99 Å². The Balaban J connectivity index is 1.18. The average molecular weight is 569 g/mol. The highest BCUT2D eigenvalue weighted by molar-refractivity contribution is 8.39. The molecule has 0 aliphatic carbocycles. The number of amides is 1. The van der Waals surface area contributed by atoms with Gasteiger partial charge in [-0.25, -0.2) is 4.79 Å². The molecule has 0 bridgehead atoms. The van der Waals surface area contributed by atoms with E-state index in [-0.39, 0.29) is 24.0 Å². The van der Waals surface area contributed by atoms with Crippen LogP contribution in [0.5, 0.6) is 0 Å². The van der Waals surface area contributed by atoms with Gasteiger partial charge < -0.3 is 14.8 Å². The molecule has 192 valence electrons. The standard InChI is InChI=1S/C25H27Cl2N3O4S2/c1-33-24(32)18-5-3-17(4-6-18)22-14-35-25(29-22)36-15-23(31)28-11-19-13-30(8-9-34-19)12-16-2-7-20(26)21(27)10-16/h2-7,10,19,22H,8-9,11-15H2,1H3,(H,28,31)/t19-,22?/m0/s1. The zero-order valence-electron chi connectivity index (χ0n) is 19.7. The molecule has 1 unspecified atom stereocenters. The number of methoxy groups -OCH3 is 1. The number of hydrogen-bond acceptors (Lipinski definition) is 8. The lowest BCUT2D eigenvalue weighted by Gasteiger charge is -2.33. The summed E-state index contributed by atoms with van der Waals surface area (Å²) in [5.74, 6) is 0.719. The van der Waals surface area contributed by atoms with E-state index in [0.29, 0.717) is 34.5 Å². The van der Waals surface area contributed by atoms with Crippen LogP contribution in [0.3, 0.4) is 0 Å². The van der Waals surface area contributed by atoms with Crippen LogP contribution in [0.1, 0.15) is 27.5 Å². The molecule has 0 radical (unpaired) electrons. The molecule has 0 spiro atoms. The van der Waals surface area contributed by atoms with Gasteiger partial charge in [0.25, 0.3) is 0 Å². The van der Waals surface area contributed by atoms with E-state index in [0.717, 1.165) is 40.9 Å². The Hall–Kier alpha value is -1.75. The zero-order valence-corrected chi connectivity index (χ0v) is 22.9. The van der Waals surface area contributed by atoms with Crippen LogP contribution in [0, 0.1) is 0 Å². The summed E-state index contributed by atoms with van der Waals surface area (Å²) in [4.78, 5) is 31.1. The van der Waals surface area contributed by atoms with Gasteiger partial charge in [0, 0.05) is 31.9 Å². The summed E-state index contributed by atoms with van der Waals surface area (Å²) in [5, 5.41) is 4.09. The zero-order chi connectivity index (χ0) is 25.5. The molecule has 2 aromatic rings. The fourth-order valence-electron chi connectivity index (χ4n) is 3.91. The van der Waals surface area contributed by atoms with Crippen molar-refractivity contribution in [2.75, 3.05) is 44.9 Å². The number of carbonyl (C=O) groups excluding carboxylic acids is 2. The van der Waals surface area contributed by atoms with Crippen molar-refractivity contribution in [2.45, 2.75) is 18.7 Å². The maximum atomic E-state index is 12.4. The molecule has 2 aliphatic rings. The number of nitrogens with one attached hydrogen (secondary N) is 1. The maximum absolute atomic E-state index is 12.4. The van der Waals surface area contributed by atoms with Gasteiger partial charge in [-0.15, -0.1) is 0 Å². The van der Waals surface area contributed by atoms with Gasteiger partial charge in [-0.1, -0.05) is 64.9 Å². The summed E-state index contributed by atoms with van der Waals surface area (Å²) in [6.07, 6.45) is -0.0639. The number of ether oxygens (including phenoxy) is 2. The first kappa shape index (κ1) is 27.3. The molecule has 2 heterocycles. The van der Waals surface area contributed by atoms with E-state index in [1.807, 2.05) is 30.3 Å². The maximum Gasteiger partial charge on any atom is 0.337 e. The largest absolute Gasteiger partial charge is 0.465 e. The fraction of sp³-hybridized carbons (Fsp3) is 0.400. The topological polar surface area (TPSA) is 80.2 Å². The monoisotopic (exact) mass is 567 g/mol. The van der Waals surface area contributed by atoms with E-state index in [9.17, 15) is 9.59 Å². The second kappa shape index (κ2) is 13.2. The quantitative estimate of drug-likeness (QED) is 0.464. The molecule has 2 aromatic carbocycles. The third-order valence-electron chi connectivity index (χ3n) is 5.81. The summed E-state index contributed by atoms with van der Waals surface area (Å²) in [7, 11) is 1.37. The molecule has 11 heteroatoms. The summed E-state index contributed by atoms with van der Waals surface area (Å²) in [5.41, 5.74) is 2.65. The molecular weight excluding hydrogens is 541 g/mol. The first-order valence-electron chi connectivity index (χ1n) is 11.5. The molecule has 0 saturated carbocycles. The minimum atomic E-state index is -0.356. The highest BCUT2D eigenvalue weighted by atomic mass is 35.5. The van der Waals surface area contributed by atoms with Crippen molar-refractivity contribution in [3.63, 3.8) is 0 Å². The van der Waals surface area contributed by atoms with Crippen molar-refractivity contribution in [3.8, 4) is 0 Å². The SMILES string of the molecule is COC(=O)c1ccc(C2CSC(SCC(=O)NC[C@H]3CN(Cc4ccc(Cl)c(Cl)c4)CCO3)=N2)cc1. The van der Waals surface area contributed by atoms with Crippen molar-refractivity contribution in [1.82, 2.24) is 10.2 Å². The van der Waals surface area contributed by atoms with Crippen molar-refractivity contribution < 1.29 is 19.1 Å². The summed E-state index contributed by atoms with van der Waals surface area (Å²) < 4.78 is 11.5. The highest BCUT2D eigenvalue weighted by Crippen LogP contribution is 2.34. The van der Waals surface area contributed by atoms with Gasteiger partial charge in [0.1, 0.15) is 4.38 Å². The third-order valence-corrected chi connectivity index (χ3v) is 8.85. The Kier molecular flexibility index (Phi) is 9.98. The van der Waals surface area contributed by atoms with Crippen LogP contribution in [0.15, 0.2) is 47.5 Å². The molecule has 1 amide bonds. The highest BCUT2D eigenvalue weighted by Gasteiger charge is 2.23. The molecule has 2 atom stereocenters. The second-order valence-electron chi connectivity index (χ2n) is 8.40. The lowest BCUT2D eigenvalue weighted by Crippen LogP contribution is -2.47. The molecule has 1 N–H and O–H groups in total. The van der Waals surface area contributed by atoms with Gasteiger partial charge in [-0.3, -0.25) is 14.7 Å². The van der Waals surface area contributed by atoms with Crippen molar-refractivity contribution in [3.05, 3.63) is 69.2 Å². The van der Waals surface area contributed by atoms with Crippen LogP contribution in [0.2, 0.25) is 10.0 Å². The molecule has 4 rings (SSSR count). The smallest absolute Gasteiger partial charge is 0.337 e. The van der Waals surface area contributed by atoms with Crippen LogP contribution in [-0.2, 0) is 20.8 Å². The van der Waals surface area contributed by atoms with E-state index in [1.165, 1.54) is 18.9 Å². The van der Waals surface area contributed by atoms with Crippen LogP contribution in [-0.4, -0.2) is 72.1 Å². The summed E-state index contributed by atoms with van der Waals surface area (Å²) in [6, 6.07) is 13.0. The van der Waals surface area contributed by atoms with E-state index in [4.69, 9.17) is 37.7 Å². The first-order chi connectivity index (χ1) is 17.4. The minimum absolute atomic E-state index is 0.0180. The Bertz CT molecular complexity index is 1120. The molecular formula is C25H27Cl2N3O4S2. The van der Waals surface area contributed by atoms with Crippen LogP contribution in [0.25, 0.3) is 0 Å². The predicted molar refractivity (Wildman–Crippen MR) is 147 cm³/mol. The number of esters is 1. The molecule has 36 heavy (non-hydrogen) atoms. The number of morpholine rings is 1. The molecule has 7 nitrogen and oxygen atoms in total. The number of carbonyl (C=O) groups is 2. The number of halogens is 2. The van der Waals surface area contributed by atoms with Crippen LogP contribution >= 0.6 is 46.7 Å².